The number of hydrogen-bond donors (Lipinski definition) is 1. The molecule has 1 fully saturated rings. The fourth-order valence-corrected chi connectivity index (χ4v) is 3.58. The molecule has 0 atom stereocenters. The molecule has 1 aliphatic rings. The minimum absolute atomic E-state index is 0.0627. The lowest BCUT2D eigenvalue weighted by Gasteiger charge is -2.18. The number of carbonyl (C=O) groups excluding carboxylic acids is 2. The van der Waals surface area contributed by atoms with Crippen LogP contribution in [0, 0.1) is 0 Å². The summed E-state index contributed by atoms with van der Waals surface area (Å²) in [5.41, 5.74) is 2.77. The third kappa shape index (κ3) is 3.33. The minimum atomic E-state index is -0.314. The Kier molecular flexibility index (Phi) is 4.77. The smallest absolute Gasteiger partial charge is 0.257 e. The van der Waals surface area contributed by atoms with Crippen molar-refractivity contribution in [2.45, 2.75) is 32.6 Å². The Morgan fingerprint density at radius 1 is 1.32 bits per heavy atom. The van der Waals surface area contributed by atoms with Crippen molar-refractivity contribution in [1.29, 1.82) is 0 Å². The molecule has 1 aliphatic heterocycles. The molecule has 7 nitrogen and oxygen atoms in total. The van der Waals surface area contributed by atoms with Crippen LogP contribution >= 0.6 is 11.6 Å². The van der Waals surface area contributed by atoms with E-state index in [0.29, 0.717) is 40.6 Å². The molecule has 3 heterocycles. The Morgan fingerprint density at radius 2 is 2.14 bits per heavy atom. The van der Waals surface area contributed by atoms with Crippen molar-refractivity contribution < 1.29 is 14.1 Å². The number of hydrogen-bond acceptors (Lipinski definition) is 5. The summed E-state index contributed by atoms with van der Waals surface area (Å²) in [5, 5.41) is 7.99. The van der Waals surface area contributed by atoms with Crippen molar-refractivity contribution in [2.75, 3.05) is 16.8 Å². The van der Waals surface area contributed by atoms with Gasteiger partial charge in [-0.15, -0.1) is 0 Å². The van der Waals surface area contributed by atoms with Gasteiger partial charge < -0.3 is 14.7 Å². The van der Waals surface area contributed by atoms with Crippen molar-refractivity contribution in [3.8, 4) is 0 Å². The molecule has 144 valence electrons. The van der Waals surface area contributed by atoms with Crippen LogP contribution in [0.1, 0.15) is 48.7 Å². The molecule has 8 heteroatoms. The lowest BCUT2D eigenvalue weighted by Crippen LogP contribution is -2.24. The highest BCUT2D eigenvalue weighted by Crippen LogP contribution is 2.32. The van der Waals surface area contributed by atoms with E-state index in [9.17, 15) is 9.59 Å². The number of carbonyl (C=O) groups is 2. The van der Waals surface area contributed by atoms with Crippen LogP contribution in [0.3, 0.4) is 0 Å². The maximum Gasteiger partial charge on any atom is 0.257 e. The third-order valence-electron chi connectivity index (χ3n) is 4.74. The monoisotopic (exact) mass is 398 g/mol. The summed E-state index contributed by atoms with van der Waals surface area (Å²) in [6.07, 6.45) is 2.81. The van der Waals surface area contributed by atoms with Gasteiger partial charge in [0.15, 0.2) is 0 Å². The van der Waals surface area contributed by atoms with Gasteiger partial charge in [0.2, 0.25) is 5.91 Å². The highest BCUT2D eigenvalue weighted by molar-refractivity contribution is 6.34. The largest absolute Gasteiger partial charge is 0.336 e. The number of rotatable bonds is 4. The second-order valence-electron chi connectivity index (χ2n) is 7.07. The molecule has 0 unspecified atom stereocenters. The Hall–Kier alpha value is -2.93. The average Bonchev–Trinajstić information content (AvgIpc) is 3.27. The number of benzene rings is 1. The summed E-state index contributed by atoms with van der Waals surface area (Å²) in [7, 11) is 0. The lowest BCUT2D eigenvalue weighted by atomic mass is 10.1. The molecule has 2 amide bonds. The zero-order chi connectivity index (χ0) is 19.8. The van der Waals surface area contributed by atoms with E-state index in [4.69, 9.17) is 16.1 Å². The van der Waals surface area contributed by atoms with Crippen molar-refractivity contribution in [3.05, 3.63) is 46.7 Å². The van der Waals surface area contributed by atoms with Crippen molar-refractivity contribution in [2.24, 2.45) is 0 Å². The Labute approximate surface area is 166 Å². The fraction of sp³-hybridized carbons (Fsp3) is 0.300. The molecule has 28 heavy (non-hydrogen) atoms. The Balaban J connectivity index is 1.56. The van der Waals surface area contributed by atoms with E-state index in [1.54, 1.807) is 29.2 Å². The maximum atomic E-state index is 12.7. The number of amides is 2. The van der Waals surface area contributed by atoms with E-state index in [0.717, 1.165) is 17.5 Å². The maximum absolute atomic E-state index is 12.7. The number of nitrogens with zero attached hydrogens (tertiary/aromatic N) is 3. The van der Waals surface area contributed by atoms with Crippen LogP contribution in [0.25, 0.3) is 11.1 Å². The van der Waals surface area contributed by atoms with Gasteiger partial charge in [-0.2, -0.15) is 0 Å². The van der Waals surface area contributed by atoms with Gasteiger partial charge in [-0.1, -0.05) is 30.6 Å². The van der Waals surface area contributed by atoms with Crippen LogP contribution in [0.2, 0.25) is 5.02 Å². The molecule has 2 aromatic heterocycles. The van der Waals surface area contributed by atoms with Crippen molar-refractivity contribution >= 4 is 45.9 Å². The van der Waals surface area contributed by atoms with E-state index in [1.165, 1.54) is 6.20 Å². The van der Waals surface area contributed by atoms with E-state index < -0.39 is 0 Å². The molecule has 1 saturated heterocycles. The second-order valence-corrected chi connectivity index (χ2v) is 7.48. The summed E-state index contributed by atoms with van der Waals surface area (Å²) in [6, 6.07) is 6.85. The predicted molar refractivity (Wildman–Crippen MR) is 107 cm³/mol. The van der Waals surface area contributed by atoms with E-state index in [1.807, 2.05) is 13.8 Å². The number of anilines is 2. The van der Waals surface area contributed by atoms with Crippen molar-refractivity contribution in [3.63, 3.8) is 0 Å². The lowest BCUT2D eigenvalue weighted by molar-refractivity contribution is -0.117. The van der Waals surface area contributed by atoms with Crippen molar-refractivity contribution in [1.82, 2.24) is 10.1 Å². The minimum Gasteiger partial charge on any atom is -0.336 e. The summed E-state index contributed by atoms with van der Waals surface area (Å²) in [6.45, 7) is 4.66. The first-order valence-electron chi connectivity index (χ1n) is 9.10. The highest BCUT2D eigenvalue weighted by Gasteiger charge is 2.24. The average molecular weight is 399 g/mol. The van der Waals surface area contributed by atoms with Crippen LogP contribution in [-0.4, -0.2) is 28.5 Å². The molecular formula is C20H19ClN4O3. The molecule has 4 rings (SSSR count). The van der Waals surface area contributed by atoms with Gasteiger partial charge in [-0.3, -0.25) is 9.59 Å². The number of pyridine rings is 1. The first-order chi connectivity index (χ1) is 13.4. The number of fused-ring (bicyclic) bond motifs is 1. The van der Waals surface area contributed by atoms with Crippen LogP contribution < -0.4 is 10.2 Å². The zero-order valence-corrected chi connectivity index (χ0v) is 16.3. The van der Waals surface area contributed by atoms with Crippen LogP contribution in [0.5, 0.6) is 0 Å². The van der Waals surface area contributed by atoms with Gasteiger partial charge in [0.1, 0.15) is 0 Å². The fourth-order valence-electron chi connectivity index (χ4n) is 3.30. The van der Waals surface area contributed by atoms with Crippen LogP contribution in [-0.2, 0) is 4.79 Å². The van der Waals surface area contributed by atoms with Gasteiger partial charge in [0.05, 0.1) is 27.4 Å². The summed E-state index contributed by atoms with van der Waals surface area (Å²) in [4.78, 5) is 30.4. The van der Waals surface area contributed by atoms with Crippen LogP contribution in [0.15, 0.2) is 35.0 Å². The third-order valence-corrected chi connectivity index (χ3v) is 5.04. The normalized spacial score (nSPS) is 14.3. The number of aromatic nitrogens is 2. The SMILES string of the molecule is CC(C)c1noc2ncc(C(=O)Nc3ccc(N4CCCC4=O)c(Cl)c3)cc12. The van der Waals surface area contributed by atoms with Gasteiger partial charge in [-0.05, 0) is 36.6 Å². The molecule has 3 aromatic rings. The standard InChI is InChI=1S/C20H19ClN4O3/c1-11(2)18-14-8-12(10-22-20(14)28-24-18)19(27)23-13-5-6-16(15(21)9-13)25-7-3-4-17(25)26/h5-6,8-11H,3-4,7H2,1-2H3,(H,23,27). The number of halogens is 1. The van der Waals surface area contributed by atoms with Crippen LogP contribution in [0.4, 0.5) is 11.4 Å². The zero-order valence-electron chi connectivity index (χ0n) is 15.5. The number of nitrogens with one attached hydrogen (secondary N) is 1. The first-order valence-corrected chi connectivity index (χ1v) is 9.48. The Bertz CT molecular complexity index is 1080. The summed E-state index contributed by atoms with van der Waals surface area (Å²) in [5.74, 6) is -0.0971. The van der Waals surface area contributed by atoms with Gasteiger partial charge >= 0.3 is 0 Å². The Morgan fingerprint density at radius 3 is 2.82 bits per heavy atom. The molecule has 1 N–H and O–H groups in total. The molecule has 0 aliphatic carbocycles. The quantitative estimate of drug-likeness (QED) is 0.704. The van der Waals surface area contributed by atoms with E-state index >= 15 is 0 Å². The van der Waals surface area contributed by atoms with E-state index in [2.05, 4.69) is 15.5 Å². The molecule has 0 radical (unpaired) electrons. The molecule has 0 spiro atoms. The molecular weight excluding hydrogens is 380 g/mol. The summed E-state index contributed by atoms with van der Waals surface area (Å²) < 4.78 is 5.21. The van der Waals surface area contributed by atoms with Gasteiger partial charge in [-0.25, -0.2) is 4.98 Å². The summed E-state index contributed by atoms with van der Waals surface area (Å²) >= 11 is 6.35. The first kappa shape index (κ1) is 18.4. The van der Waals surface area contributed by atoms with Gasteiger partial charge in [0, 0.05) is 24.8 Å². The molecule has 0 bridgehead atoms. The second kappa shape index (κ2) is 7.24. The molecule has 0 saturated carbocycles. The van der Waals surface area contributed by atoms with E-state index in [-0.39, 0.29) is 17.7 Å². The molecule has 1 aromatic carbocycles. The topological polar surface area (TPSA) is 88.3 Å². The van der Waals surface area contributed by atoms with Gasteiger partial charge in [0.25, 0.3) is 11.6 Å². The predicted octanol–water partition coefficient (Wildman–Crippen LogP) is 4.38. The highest BCUT2D eigenvalue weighted by atomic mass is 35.5.